The van der Waals surface area contributed by atoms with E-state index in [9.17, 15) is 9.59 Å². The first kappa shape index (κ1) is 16.6. The van der Waals surface area contributed by atoms with Crippen LogP contribution in [0.4, 0.5) is 0 Å². The Morgan fingerprint density at radius 3 is 3.00 bits per heavy atom. The van der Waals surface area contributed by atoms with Crippen molar-refractivity contribution in [2.45, 2.75) is 32.0 Å². The van der Waals surface area contributed by atoms with Crippen LogP contribution in [0.1, 0.15) is 35.6 Å². The molecule has 1 N–H and O–H groups in total. The molecule has 0 aliphatic carbocycles. The maximum Gasteiger partial charge on any atom is 0.343 e. The highest BCUT2D eigenvalue weighted by atomic mass is 16.5. The van der Waals surface area contributed by atoms with Crippen LogP contribution in [0, 0.1) is 0 Å². The highest BCUT2D eigenvalue weighted by Crippen LogP contribution is 2.33. The van der Waals surface area contributed by atoms with Gasteiger partial charge in [0, 0.05) is 44.5 Å². The molecule has 1 aliphatic rings. The zero-order valence-electron chi connectivity index (χ0n) is 14.8. The van der Waals surface area contributed by atoms with Gasteiger partial charge in [0.15, 0.2) is 5.82 Å². The molecule has 8 nitrogen and oxygen atoms in total. The normalized spacial score (nSPS) is 20.2. The molecule has 1 saturated heterocycles. The second-order valence-electron chi connectivity index (χ2n) is 6.46. The van der Waals surface area contributed by atoms with Crippen molar-refractivity contribution in [3.8, 4) is 0 Å². The average Bonchev–Trinajstić information content (AvgIpc) is 3.36. The fourth-order valence-corrected chi connectivity index (χ4v) is 3.67. The number of hydrogen-bond acceptors (Lipinski definition) is 4. The van der Waals surface area contributed by atoms with Crippen molar-refractivity contribution in [1.29, 1.82) is 0 Å². The molecule has 0 spiro atoms. The molecule has 0 aromatic carbocycles. The molecule has 1 aliphatic heterocycles. The summed E-state index contributed by atoms with van der Waals surface area (Å²) in [5, 5.41) is 6.67. The summed E-state index contributed by atoms with van der Waals surface area (Å²) in [7, 11) is 1.64. The number of carbonyl (C=O) groups is 1. The Balaban J connectivity index is 1.72. The van der Waals surface area contributed by atoms with Gasteiger partial charge in [-0.15, -0.1) is 0 Å². The number of H-pyrrole nitrogens is 1. The number of methoxy groups -OCH3 is 1. The maximum absolute atomic E-state index is 13.2. The fraction of sp³-hybridized carbons (Fsp3) is 0.389. The lowest BCUT2D eigenvalue weighted by Gasteiger charge is -2.23. The molecule has 136 valence electrons. The van der Waals surface area contributed by atoms with Crippen LogP contribution in [0.2, 0.25) is 0 Å². The first-order chi connectivity index (χ1) is 12.6. The van der Waals surface area contributed by atoms with Gasteiger partial charge >= 0.3 is 5.69 Å². The molecule has 1 amide bonds. The largest absolute Gasteiger partial charge is 0.380 e. The summed E-state index contributed by atoms with van der Waals surface area (Å²) >= 11 is 0. The van der Waals surface area contributed by atoms with Gasteiger partial charge in [-0.25, -0.2) is 9.89 Å². The average molecular weight is 355 g/mol. The number of pyridine rings is 1. The van der Waals surface area contributed by atoms with Crippen molar-refractivity contribution in [3.05, 3.63) is 58.5 Å². The lowest BCUT2D eigenvalue weighted by molar-refractivity contribution is 0.0682. The second kappa shape index (κ2) is 6.45. The molecule has 3 aromatic rings. The molecule has 4 heterocycles. The molecule has 0 unspecified atom stereocenters. The molecule has 26 heavy (non-hydrogen) atoms. The minimum Gasteiger partial charge on any atom is -0.380 e. The van der Waals surface area contributed by atoms with Crippen molar-refractivity contribution >= 4 is 11.4 Å². The van der Waals surface area contributed by atoms with Gasteiger partial charge in [-0.05, 0) is 25.1 Å². The summed E-state index contributed by atoms with van der Waals surface area (Å²) in [5.41, 5.74) is 1.31. The van der Waals surface area contributed by atoms with Crippen molar-refractivity contribution in [2.75, 3.05) is 13.7 Å². The second-order valence-corrected chi connectivity index (χ2v) is 6.46. The van der Waals surface area contributed by atoms with Crippen LogP contribution in [0.25, 0.3) is 5.52 Å². The molecule has 8 heteroatoms. The molecule has 4 rings (SSSR count). The molecule has 2 atom stereocenters. The van der Waals surface area contributed by atoms with E-state index in [-0.39, 0.29) is 23.7 Å². The summed E-state index contributed by atoms with van der Waals surface area (Å²) in [5.74, 6) is 0.491. The lowest BCUT2D eigenvalue weighted by atomic mass is 10.1. The Bertz CT molecular complexity index is 969. The topological polar surface area (TPSA) is 84.6 Å². The van der Waals surface area contributed by atoms with Crippen LogP contribution < -0.4 is 5.69 Å². The van der Waals surface area contributed by atoms with E-state index in [4.69, 9.17) is 4.74 Å². The summed E-state index contributed by atoms with van der Waals surface area (Å²) in [4.78, 5) is 26.9. The quantitative estimate of drug-likeness (QED) is 0.768. The van der Waals surface area contributed by atoms with Gasteiger partial charge in [0.25, 0.3) is 5.91 Å². The van der Waals surface area contributed by atoms with E-state index < -0.39 is 0 Å². The van der Waals surface area contributed by atoms with E-state index in [1.165, 1.54) is 0 Å². The number of fused-ring (bicyclic) bond motifs is 1. The van der Waals surface area contributed by atoms with Crippen molar-refractivity contribution in [1.82, 2.24) is 24.1 Å². The number of hydrogen-bond donors (Lipinski definition) is 1. The summed E-state index contributed by atoms with van der Waals surface area (Å²) in [6.45, 7) is 2.85. The standard InChI is InChI=1S/C18H21N5O3/c1-3-22-16(19-20-18(22)25)15-9-14(26-2)11-23(15)17(24)12-8-13-6-4-5-7-21(13)10-12/h4-8,10,14-15H,3,9,11H2,1-2H3,(H,20,25)/t14-,15-/m0/s1. The van der Waals surface area contributed by atoms with Gasteiger partial charge in [-0.1, -0.05) is 6.07 Å². The Kier molecular flexibility index (Phi) is 4.12. The van der Waals surface area contributed by atoms with E-state index in [0.717, 1.165) is 5.52 Å². The highest BCUT2D eigenvalue weighted by molar-refractivity contribution is 5.96. The number of nitrogens with one attached hydrogen (secondary N) is 1. The van der Waals surface area contributed by atoms with Crippen LogP contribution in [-0.2, 0) is 11.3 Å². The summed E-state index contributed by atoms with van der Waals surface area (Å²) in [6, 6.07) is 7.39. The smallest absolute Gasteiger partial charge is 0.343 e. The number of aromatic amines is 1. The number of aromatic nitrogens is 4. The molecule has 1 fully saturated rings. The number of nitrogens with zero attached hydrogens (tertiary/aromatic N) is 4. The Morgan fingerprint density at radius 2 is 2.27 bits per heavy atom. The van der Waals surface area contributed by atoms with E-state index in [0.29, 0.717) is 30.9 Å². The number of carbonyl (C=O) groups excluding carboxylic acids is 1. The van der Waals surface area contributed by atoms with Gasteiger partial charge in [0.2, 0.25) is 0 Å². The Morgan fingerprint density at radius 1 is 1.42 bits per heavy atom. The van der Waals surface area contributed by atoms with Crippen LogP contribution in [0.15, 0.2) is 41.5 Å². The van der Waals surface area contributed by atoms with Gasteiger partial charge in [-0.2, -0.15) is 5.10 Å². The van der Waals surface area contributed by atoms with E-state index >= 15 is 0 Å². The minimum absolute atomic E-state index is 0.0851. The van der Waals surface area contributed by atoms with Gasteiger partial charge in [0.1, 0.15) is 0 Å². The third kappa shape index (κ3) is 2.62. The fourth-order valence-electron chi connectivity index (χ4n) is 3.67. The third-order valence-electron chi connectivity index (χ3n) is 5.01. The van der Waals surface area contributed by atoms with Crippen molar-refractivity contribution in [3.63, 3.8) is 0 Å². The third-order valence-corrected chi connectivity index (χ3v) is 5.01. The van der Waals surface area contributed by atoms with E-state index in [1.54, 1.807) is 16.6 Å². The van der Waals surface area contributed by atoms with Crippen LogP contribution >= 0.6 is 0 Å². The van der Waals surface area contributed by atoms with E-state index in [1.807, 2.05) is 48.0 Å². The SMILES string of the molecule is CCn1c([C@@H]2C[C@H](OC)CN2C(=O)c2cc3ccccn3c2)n[nH]c1=O. The molecule has 3 aromatic heterocycles. The monoisotopic (exact) mass is 355 g/mol. The molecule has 0 radical (unpaired) electrons. The predicted molar refractivity (Wildman–Crippen MR) is 95.1 cm³/mol. The number of amides is 1. The first-order valence-corrected chi connectivity index (χ1v) is 8.68. The zero-order chi connectivity index (χ0) is 18.3. The van der Waals surface area contributed by atoms with Gasteiger partial charge in [-0.3, -0.25) is 9.36 Å². The Hall–Kier alpha value is -2.87. The van der Waals surface area contributed by atoms with E-state index in [2.05, 4.69) is 10.2 Å². The molecular weight excluding hydrogens is 334 g/mol. The summed E-state index contributed by atoms with van der Waals surface area (Å²) in [6.07, 6.45) is 4.26. The highest BCUT2D eigenvalue weighted by Gasteiger charge is 2.39. The van der Waals surface area contributed by atoms with Crippen LogP contribution in [-0.4, -0.2) is 49.7 Å². The summed E-state index contributed by atoms with van der Waals surface area (Å²) < 4.78 is 8.98. The number of rotatable bonds is 4. The Labute approximate surface area is 150 Å². The lowest BCUT2D eigenvalue weighted by Crippen LogP contribution is -2.33. The molecule has 0 bridgehead atoms. The van der Waals surface area contributed by atoms with Crippen LogP contribution in [0.5, 0.6) is 0 Å². The molecule has 0 saturated carbocycles. The zero-order valence-corrected chi connectivity index (χ0v) is 14.8. The first-order valence-electron chi connectivity index (χ1n) is 8.68. The van der Waals surface area contributed by atoms with Crippen LogP contribution in [0.3, 0.4) is 0 Å². The van der Waals surface area contributed by atoms with Gasteiger partial charge < -0.3 is 14.0 Å². The minimum atomic E-state index is -0.297. The van der Waals surface area contributed by atoms with Gasteiger partial charge in [0.05, 0.1) is 17.7 Å². The van der Waals surface area contributed by atoms with Crippen molar-refractivity contribution in [2.24, 2.45) is 0 Å². The predicted octanol–water partition coefficient (Wildman–Crippen LogP) is 1.45. The maximum atomic E-state index is 13.2. The number of likely N-dealkylation sites (tertiary alicyclic amines) is 1. The number of ether oxygens (including phenoxy) is 1. The molecular formula is C18H21N5O3. The van der Waals surface area contributed by atoms with Crippen molar-refractivity contribution < 1.29 is 9.53 Å².